The normalized spacial score (nSPS) is 30.6. The summed E-state index contributed by atoms with van der Waals surface area (Å²) in [5, 5.41) is 6.05. The van der Waals surface area contributed by atoms with Gasteiger partial charge in [0.15, 0.2) is 6.17 Å². The third kappa shape index (κ3) is 5.83. The third-order valence-corrected chi connectivity index (χ3v) is 8.17. The van der Waals surface area contributed by atoms with Gasteiger partial charge in [0.2, 0.25) is 11.8 Å². The Bertz CT molecular complexity index is 859. The van der Waals surface area contributed by atoms with Gasteiger partial charge >= 0.3 is 0 Å². The standard InChI is InChI=1S/C24H39F2N7O2/c1-32-8-9-33(14-19(32)34)21-16(26)12-29-13-18(21)31-23(35)20(22(27)28)17-10-24(5-2-3-6-24)7-4-15(25)11-30-17/h13,15-17,20,22,30H,2-12,14,27-28H2,1H3,(H,31,35). The van der Waals surface area contributed by atoms with Crippen molar-refractivity contribution in [3.63, 3.8) is 0 Å². The fourth-order valence-electron chi connectivity index (χ4n) is 6.15. The topological polar surface area (TPSA) is 129 Å². The van der Waals surface area contributed by atoms with Crippen LogP contribution in [0.4, 0.5) is 8.78 Å². The summed E-state index contributed by atoms with van der Waals surface area (Å²) >= 11 is 0. The highest BCUT2D eigenvalue weighted by atomic mass is 19.1. The lowest BCUT2D eigenvalue weighted by Crippen LogP contribution is -2.58. The summed E-state index contributed by atoms with van der Waals surface area (Å²) in [6.07, 6.45) is 4.24. The molecule has 0 bridgehead atoms. The Hall–Kier alpha value is -2.11. The van der Waals surface area contributed by atoms with Crippen molar-refractivity contribution in [1.82, 2.24) is 20.4 Å². The lowest BCUT2D eigenvalue weighted by molar-refractivity contribution is -0.133. The summed E-state index contributed by atoms with van der Waals surface area (Å²) < 4.78 is 29.5. The second kappa shape index (κ2) is 10.9. The third-order valence-electron chi connectivity index (χ3n) is 8.17. The van der Waals surface area contributed by atoms with Crippen LogP contribution >= 0.6 is 0 Å². The molecule has 3 fully saturated rings. The van der Waals surface area contributed by atoms with Crippen molar-refractivity contribution >= 4 is 18.0 Å². The average molecular weight is 496 g/mol. The molecule has 9 nitrogen and oxygen atoms in total. The lowest BCUT2D eigenvalue weighted by atomic mass is 9.72. The van der Waals surface area contributed by atoms with Gasteiger partial charge in [-0.05, 0) is 37.5 Å². The first-order chi connectivity index (χ1) is 16.7. The van der Waals surface area contributed by atoms with Crippen LogP contribution in [0, 0.1) is 11.3 Å². The van der Waals surface area contributed by atoms with Crippen LogP contribution < -0.4 is 22.1 Å². The number of hydrogen-bond acceptors (Lipinski definition) is 7. The maximum absolute atomic E-state index is 15.0. The summed E-state index contributed by atoms with van der Waals surface area (Å²) in [5.74, 6) is -1.41. The highest BCUT2D eigenvalue weighted by Crippen LogP contribution is 2.47. The number of aliphatic imine (C=N–C) groups is 1. The number of allylic oxidation sites excluding steroid dienone is 1. The van der Waals surface area contributed by atoms with Gasteiger partial charge in [0.25, 0.3) is 0 Å². The van der Waals surface area contributed by atoms with Crippen LogP contribution in [-0.4, -0.2) is 92.2 Å². The molecule has 4 aliphatic rings. The number of rotatable bonds is 5. The van der Waals surface area contributed by atoms with E-state index in [0.29, 0.717) is 25.9 Å². The van der Waals surface area contributed by atoms with Crippen molar-refractivity contribution in [2.24, 2.45) is 27.8 Å². The van der Waals surface area contributed by atoms with Gasteiger partial charge in [-0.15, -0.1) is 0 Å². The molecule has 0 aromatic heterocycles. The van der Waals surface area contributed by atoms with Gasteiger partial charge in [0, 0.05) is 38.9 Å². The Morgan fingerprint density at radius 1 is 1.26 bits per heavy atom. The smallest absolute Gasteiger partial charge is 0.241 e. The van der Waals surface area contributed by atoms with Crippen molar-refractivity contribution in [3.05, 3.63) is 11.4 Å². The number of dihydropyridines is 1. The molecule has 6 N–H and O–H groups in total. The molecule has 4 rings (SSSR count). The van der Waals surface area contributed by atoms with E-state index in [1.807, 2.05) is 0 Å². The number of carbonyl (C=O) groups excluding carboxylic acids is 2. The number of amides is 2. The zero-order valence-electron chi connectivity index (χ0n) is 20.5. The average Bonchev–Trinajstić information content (AvgIpc) is 3.26. The van der Waals surface area contributed by atoms with E-state index in [0.717, 1.165) is 32.1 Å². The van der Waals surface area contributed by atoms with Crippen LogP contribution in [-0.2, 0) is 9.59 Å². The van der Waals surface area contributed by atoms with Gasteiger partial charge in [-0.1, -0.05) is 12.8 Å². The first-order valence-electron chi connectivity index (χ1n) is 12.8. The number of nitrogens with zero attached hydrogens (tertiary/aromatic N) is 3. The molecule has 4 unspecified atom stereocenters. The molecule has 0 aromatic rings. The number of nitrogens with two attached hydrogens (primary N) is 2. The predicted octanol–water partition coefficient (Wildman–Crippen LogP) is 0.411. The van der Waals surface area contributed by atoms with Gasteiger partial charge in [-0.25, -0.2) is 8.78 Å². The number of nitrogens with one attached hydrogen (secondary N) is 2. The molecule has 3 heterocycles. The van der Waals surface area contributed by atoms with Crippen LogP contribution in [0.15, 0.2) is 16.4 Å². The molecule has 1 aliphatic carbocycles. The fraction of sp³-hybridized carbons (Fsp3) is 0.792. The first-order valence-corrected chi connectivity index (χ1v) is 12.8. The van der Waals surface area contributed by atoms with Crippen LogP contribution in [0.2, 0.25) is 0 Å². The van der Waals surface area contributed by atoms with Crippen molar-refractivity contribution in [3.8, 4) is 0 Å². The minimum absolute atomic E-state index is 0.0171. The van der Waals surface area contributed by atoms with Crippen molar-refractivity contribution < 1.29 is 18.4 Å². The second-order valence-electron chi connectivity index (χ2n) is 10.7. The Kier molecular flexibility index (Phi) is 8.07. The van der Waals surface area contributed by atoms with Gasteiger partial charge in [-0.2, -0.15) is 0 Å². The summed E-state index contributed by atoms with van der Waals surface area (Å²) in [4.78, 5) is 33.1. The van der Waals surface area contributed by atoms with E-state index >= 15 is 4.39 Å². The summed E-state index contributed by atoms with van der Waals surface area (Å²) in [6.45, 7) is 1.02. The number of piperazine rings is 1. The van der Waals surface area contributed by atoms with E-state index in [1.165, 1.54) is 6.21 Å². The minimum Gasteiger partial charge on any atom is -0.360 e. The van der Waals surface area contributed by atoms with Gasteiger partial charge in [0.1, 0.15) is 6.17 Å². The number of alkyl halides is 2. The summed E-state index contributed by atoms with van der Waals surface area (Å²) in [7, 11) is 1.71. The molecule has 0 radical (unpaired) electrons. The molecular formula is C24H39F2N7O2. The zero-order valence-corrected chi connectivity index (χ0v) is 20.5. The van der Waals surface area contributed by atoms with Gasteiger partial charge in [-0.3, -0.25) is 14.6 Å². The zero-order chi connectivity index (χ0) is 25.2. The molecule has 0 aromatic carbocycles. The van der Waals surface area contributed by atoms with E-state index < -0.39 is 36.4 Å². The maximum atomic E-state index is 15.0. The fourth-order valence-corrected chi connectivity index (χ4v) is 6.15. The van der Waals surface area contributed by atoms with Gasteiger partial charge < -0.3 is 31.9 Å². The molecule has 196 valence electrons. The number of carbonyl (C=O) groups is 2. The van der Waals surface area contributed by atoms with Crippen molar-refractivity contribution in [2.75, 3.05) is 39.8 Å². The molecule has 2 amide bonds. The maximum Gasteiger partial charge on any atom is 0.241 e. The van der Waals surface area contributed by atoms with E-state index in [9.17, 15) is 14.0 Å². The van der Waals surface area contributed by atoms with Crippen molar-refractivity contribution in [1.29, 1.82) is 0 Å². The van der Waals surface area contributed by atoms with Crippen molar-refractivity contribution in [2.45, 2.75) is 69.5 Å². The number of halogens is 2. The minimum atomic E-state index is -1.44. The Morgan fingerprint density at radius 2 is 2.00 bits per heavy atom. The van der Waals surface area contributed by atoms with Crippen LogP contribution in [0.1, 0.15) is 44.9 Å². The van der Waals surface area contributed by atoms with Crippen LogP contribution in [0.5, 0.6) is 0 Å². The molecule has 2 saturated heterocycles. The highest BCUT2D eigenvalue weighted by Gasteiger charge is 2.43. The van der Waals surface area contributed by atoms with Crippen LogP contribution in [0.3, 0.4) is 0 Å². The predicted molar refractivity (Wildman–Crippen MR) is 130 cm³/mol. The van der Waals surface area contributed by atoms with E-state index in [1.54, 1.807) is 16.8 Å². The quantitative estimate of drug-likeness (QED) is 0.409. The molecule has 1 spiro atoms. The Morgan fingerprint density at radius 3 is 2.69 bits per heavy atom. The number of likely N-dealkylation sites (N-methyl/N-ethyl adjacent to an activating group) is 1. The first kappa shape index (κ1) is 26.0. The second-order valence-corrected chi connectivity index (χ2v) is 10.7. The number of hydrogen-bond donors (Lipinski definition) is 4. The largest absolute Gasteiger partial charge is 0.360 e. The van der Waals surface area contributed by atoms with Crippen LogP contribution in [0.25, 0.3) is 0 Å². The SMILES string of the molecule is CN1CCN(C2=C(NC(=O)C(C(N)N)C3CC4(CCCC4)CCC(F)CN3)C=NCC2F)CC1=O. The van der Waals surface area contributed by atoms with E-state index in [-0.39, 0.29) is 42.4 Å². The van der Waals surface area contributed by atoms with Gasteiger partial charge in [0.05, 0.1) is 36.6 Å². The molecular weight excluding hydrogens is 456 g/mol. The highest BCUT2D eigenvalue weighted by molar-refractivity contribution is 5.91. The molecule has 3 aliphatic heterocycles. The summed E-state index contributed by atoms with van der Waals surface area (Å²) in [6, 6.07) is -0.400. The molecule has 1 saturated carbocycles. The Labute approximate surface area is 205 Å². The summed E-state index contributed by atoms with van der Waals surface area (Å²) in [5.41, 5.74) is 12.7. The molecule has 11 heteroatoms. The van der Waals surface area contributed by atoms with E-state index in [4.69, 9.17) is 11.5 Å². The van der Waals surface area contributed by atoms with E-state index in [2.05, 4.69) is 15.6 Å². The molecule has 4 atom stereocenters. The molecule has 35 heavy (non-hydrogen) atoms. The Balaban J connectivity index is 1.57. The lowest BCUT2D eigenvalue weighted by Gasteiger charge is -2.40. The monoisotopic (exact) mass is 495 g/mol.